The molecule has 1 saturated heterocycles. The maximum atomic E-state index is 14.2. The molecule has 0 aliphatic carbocycles. The van der Waals surface area contributed by atoms with Crippen LogP contribution in [-0.2, 0) is 9.47 Å². The van der Waals surface area contributed by atoms with E-state index in [0.29, 0.717) is 0 Å². The van der Waals surface area contributed by atoms with Gasteiger partial charge in [-0.1, -0.05) is 12.1 Å². The van der Waals surface area contributed by atoms with Crippen molar-refractivity contribution < 1.29 is 46.8 Å². The van der Waals surface area contributed by atoms with Crippen LogP contribution in [0.3, 0.4) is 0 Å². The summed E-state index contributed by atoms with van der Waals surface area (Å²) in [4.78, 5) is 27.7. The first-order valence-corrected chi connectivity index (χ1v) is 11.1. The second kappa shape index (κ2) is 12.1. The Morgan fingerprint density at radius 2 is 1.03 bits per heavy atom. The normalized spacial score (nSPS) is 14.9. The maximum absolute atomic E-state index is 14.2. The zero-order valence-corrected chi connectivity index (χ0v) is 20.4. The van der Waals surface area contributed by atoms with Gasteiger partial charge in [0.05, 0.1) is 14.2 Å². The van der Waals surface area contributed by atoms with Crippen LogP contribution in [0.2, 0.25) is 0 Å². The molecule has 196 valence electrons. The van der Waals surface area contributed by atoms with Crippen molar-refractivity contribution in [1.29, 1.82) is 0 Å². The zero-order chi connectivity index (χ0) is 26.2. The third-order valence-corrected chi connectivity index (χ3v) is 5.21. The molecule has 1 heterocycles. The van der Waals surface area contributed by atoms with E-state index in [1.807, 2.05) is 0 Å². The number of benzene rings is 2. The van der Waals surface area contributed by atoms with E-state index in [4.69, 9.17) is 28.4 Å². The molecule has 1 aliphatic rings. The van der Waals surface area contributed by atoms with Crippen LogP contribution in [0.15, 0.2) is 36.4 Å². The van der Waals surface area contributed by atoms with Crippen molar-refractivity contribution in [2.45, 2.75) is 26.4 Å². The first-order chi connectivity index (χ1) is 17.2. The second-order valence-electron chi connectivity index (χ2n) is 7.66. The minimum Gasteiger partial charge on any atom is -0.494 e. The number of ether oxygens (including phenoxy) is 6. The molecule has 2 aromatic carbocycles. The summed E-state index contributed by atoms with van der Waals surface area (Å²) in [5.41, 5.74) is 0. The quantitative estimate of drug-likeness (QED) is 0.492. The molecule has 2 aromatic rings. The van der Waals surface area contributed by atoms with Crippen molar-refractivity contribution in [1.82, 2.24) is 9.80 Å². The SMILES string of the molecule is COc1cccc(O[C@@H](C)OC(=O)N2CCN(C(=O)O[C@H](C)Oc3cccc(OC)c3F)CC2)c1F. The van der Waals surface area contributed by atoms with Crippen molar-refractivity contribution in [2.24, 2.45) is 0 Å². The molecule has 2 atom stereocenters. The van der Waals surface area contributed by atoms with E-state index in [0.717, 1.165) is 0 Å². The monoisotopic (exact) mass is 510 g/mol. The minimum absolute atomic E-state index is 0.00221. The average molecular weight is 510 g/mol. The summed E-state index contributed by atoms with van der Waals surface area (Å²) in [6.45, 7) is 3.61. The minimum atomic E-state index is -1.07. The fraction of sp³-hybridized carbons (Fsp3) is 0.417. The van der Waals surface area contributed by atoms with Gasteiger partial charge in [-0.25, -0.2) is 9.59 Å². The molecular weight excluding hydrogens is 482 g/mol. The largest absolute Gasteiger partial charge is 0.494 e. The molecule has 0 radical (unpaired) electrons. The van der Waals surface area contributed by atoms with Gasteiger partial charge in [0.2, 0.25) is 24.2 Å². The Labute approximate surface area is 207 Å². The Morgan fingerprint density at radius 1 is 0.694 bits per heavy atom. The van der Waals surface area contributed by atoms with Gasteiger partial charge in [-0.3, -0.25) is 0 Å². The van der Waals surface area contributed by atoms with E-state index in [1.165, 1.54) is 62.1 Å². The highest BCUT2D eigenvalue weighted by atomic mass is 19.1. The van der Waals surface area contributed by atoms with Gasteiger partial charge in [0.25, 0.3) is 0 Å². The van der Waals surface area contributed by atoms with E-state index in [9.17, 15) is 18.4 Å². The fourth-order valence-corrected chi connectivity index (χ4v) is 3.39. The summed E-state index contributed by atoms with van der Waals surface area (Å²) in [7, 11) is 2.66. The lowest BCUT2D eigenvalue weighted by atomic mass is 10.3. The smallest absolute Gasteiger partial charge is 0.412 e. The predicted molar refractivity (Wildman–Crippen MR) is 122 cm³/mol. The highest BCUT2D eigenvalue weighted by molar-refractivity contribution is 5.70. The lowest BCUT2D eigenvalue weighted by Crippen LogP contribution is -2.51. The van der Waals surface area contributed by atoms with Crippen LogP contribution in [0.4, 0.5) is 18.4 Å². The Bertz CT molecular complexity index is 979. The van der Waals surface area contributed by atoms with Crippen molar-refractivity contribution in [2.75, 3.05) is 40.4 Å². The Morgan fingerprint density at radius 3 is 1.36 bits per heavy atom. The molecule has 12 heteroatoms. The number of hydrogen-bond acceptors (Lipinski definition) is 8. The summed E-state index contributed by atoms with van der Waals surface area (Å²) >= 11 is 0. The van der Waals surface area contributed by atoms with Crippen LogP contribution in [-0.4, -0.2) is 75.0 Å². The van der Waals surface area contributed by atoms with Crippen LogP contribution in [0.5, 0.6) is 23.0 Å². The molecule has 0 N–H and O–H groups in total. The number of rotatable bonds is 8. The third kappa shape index (κ3) is 6.58. The lowest BCUT2D eigenvalue weighted by molar-refractivity contribution is -0.0495. The first-order valence-electron chi connectivity index (χ1n) is 11.1. The van der Waals surface area contributed by atoms with Crippen LogP contribution < -0.4 is 18.9 Å². The van der Waals surface area contributed by atoms with Gasteiger partial charge < -0.3 is 38.2 Å². The molecule has 1 fully saturated rings. The van der Waals surface area contributed by atoms with E-state index in [1.54, 1.807) is 12.1 Å². The molecule has 10 nitrogen and oxygen atoms in total. The summed E-state index contributed by atoms with van der Waals surface area (Å²) in [5, 5.41) is 0. The van der Waals surface area contributed by atoms with Gasteiger partial charge in [-0.15, -0.1) is 0 Å². The molecule has 0 spiro atoms. The van der Waals surface area contributed by atoms with E-state index >= 15 is 0 Å². The van der Waals surface area contributed by atoms with E-state index in [2.05, 4.69) is 0 Å². The first kappa shape index (κ1) is 26.6. The number of carbonyl (C=O) groups excluding carboxylic acids is 2. The summed E-state index contributed by atoms with van der Waals surface area (Å²) in [5.74, 6) is -1.64. The molecule has 0 saturated carbocycles. The topological polar surface area (TPSA) is 96.0 Å². The number of carbonyl (C=O) groups is 2. The van der Waals surface area contributed by atoms with Crippen molar-refractivity contribution in [3.63, 3.8) is 0 Å². The van der Waals surface area contributed by atoms with Crippen LogP contribution in [0.25, 0.3) is 0 Å². The van der Waals surface area contributed by atoms with Crippen LogP contribution in [0.1, 0.15) is 13.8 Å². The summed E-state index contributed by atoms with van der Waals surface area (Å²) in [6, 6.07) is 8.74. The molecule has 0 aromatic heterocycles. The molecule has 36 heavy (non-hydrogen) atoms. The van der Waals surface area contributed by atoms with Gasteiger partial charge in [-0.2, -0.15) is 8.78 Å². The highest BCUT2D eigenvalue weighted by Crippen LogP contribution is 2.28. The number of methoxy groups -OCH3 is 2. The number of nitrogens with zero attached hydrogens (tertiary/aromatic N) is 2. The van der Waals surface area contributed by atoms with Crippen LogP contribution >= 0.6 is 0 Å². The van der Waals surface area contributed by atoms with Gasteiger partial charge in [0, 0.05) is 40.0 Å². The standard InChI is InChI=1S/C24H28F2N2O8/c1-15(33-19-9-5-7-17(31-3)21(19)25)35-23(29)27-11-13-28(14-12-27)24(30)36-16(2)34-20-10-6-8-18(32-4)22(20)26/h5-10,15-16H,11-14H2,1-4H3/t15-,16-/m1/s1. The fourth-order valence-electron chi connectivity index (χ4n) is 3.39. The second-order valence-corrected chi connectivity index (χ2v) is 7.66. The van der Waals surface area contributed by atoms with E-state index < -0.39 is 36.4 Å². The number of halogens is 2. The number of hydrogen-bond donors (Lipinski definition) is 0. The van der Waals surface area contributed by atoms with Gasteiger partial charge in [0.15, 0.2) is 23.0 Å². The van der Waals surface area contributed by atoms with Crippen LogP contribution in [0, 0.1) is 11.6 Å². The third-order valence-electron chi connectivity index (χ3n) is 5.21. The molecule has 2 amide bonds. The molecule has 0 unspecified atom stereocenters. The lowest BCUT2D eigenvalue weighted by Gasteiger charge is -2.34. The van der Waals surface area contributed by atoms with Gasteiger partial charge in [0.1, 0.15) is 0 Å². The highest BCUT2D eigenvalue weighted by Gasteiger charge is 2.28. The number of piperazine rings is 1. The Hall–Kier alpha value is -3.96. The summed E-state index contributed by atoms with van der Waals surface area (Å²) in [6.07, 6.45) is -3.50. The predicted octanol–water partition coefficient (Wildman–Crippen LogP) is 4.02. The van der Waals surface area contributed by atoms with Crippen molar-refractivity contribution in [3.8, 4) is 23.0 Å². The number of amides is 2. The zero-order valence-electron chi connectivity index (χ0n) is 20.4. The molecule has 3 rings (SSSR count). The Kier molecular flexibility index (Phi) is 8.98. The maximum Gasteiger partial charge on any atom is 0.412 e. The van der Waals surface area contributed by atoms with Gasteiger partial charge >= 0.3 is 12.2 Å². The Balaban J connectivity index is 1.44. The molecule has 0 bridgehead atoms. The van der Waals surface area contributed by atoms with Crippen molar-refractivity contribution in [3.05, 3.63) is 48.0 Å². The van der Waals surface area contributed by atoms with Crippen molar-refractivity contribution >= 4 is 12.2 Å². The molecular formula is C24H28F2N2O8. The molecule has 1 aliphatic heterocycles. The summed E-state index contributed by atoms with van der Waals surface area (Å²) < 4.78 is 59.5. The van der Waals surface area contributed by atoms with Gasteiger partial charge in [-0.05, 0) is 24.3 Å². The average Bonchev–Trinajstić information content (AvgIpc) is 2.86. The van der Waals surface area contributed by atoms with E-state index in [-0.39, 0.29) is 49.2 Å².